The van der Waals surface area contributed by atoms with Crippen molar-refractivity contribution in [2.75, 3.05) is 11.9 Å². The third-order valence-electron chi connectivity index (χ3n) is 3.63. The van der Waals surface area contributed by atoms with Gasteiger partial charge in [0.05, 0.1) is 11.2 Å². The molecule has 1 aliphatic rings. The minimum absolute atomic E-state index is 0.0869. The summed E-state index contributed by atoms with van der Waals surface area (Å²) in [6.07, 6.45) is 1.95. The maximum atomic E-state index is 5.85. The molecule has 4 nitrogen and oxygen atoms in total. The molecule has 0 spiro atoms. The maximum absolute atomic E-state index is 5.85. The van der Waals surface area contributed by atoms with Gasteiger partial charge in [0.1, 0.15) is 4.99 Å². The number of hydrogen-bond acceptors (Lipinski definition) is 4. The lowest BCUT2D eigenvalue weighted by atomic mass is 9.93. The second kappa shape index (κ2) is 5.66. The molecule has 1 aliphatic heterocycles. The zero-order valence-corrected chi connectivity index (χ0v) is 13.4. The number of ether oxygens (including phenoxy) is 1. The first-order valence-corrected chi connectivity index (χ1v) is 7.38. The van der Waals surface area contributed by atoms with Crippen LogP contribution in [0.3, 0.4) is 0 Å². The predicted octanol–water partition coefficient (Wildman–Crippen LogP) is 2.70. The lowest BCUT2D eigenvalue weighted by Crippen LogP contribution is -2.40. The van der Waals surface area contributed by atoms with Gasteiger partial charge in [0, 0.05) is 29.7 Å². The molecule has 2 heterocycles. The number of rotatable bonds is 3. The minimum Gasteiger partial charge on any atom is -0.389 e. The number of aromatic nitrogens is 1. The van der Waals surface area contributed by atoms with Crippen LogP contribution in [0.15, 0.2) is 6.07 Å². The van der Waals surface area contributed by atoms with Crippen molar-refractivity contribution in [3.8, 4) is 0 Å². The van der Waals surface area contributed by atoms with Crippen molar-refractivity contribution in [3.05, 3.63) is 23.0 Å². The number of nitrogens with two attached hydrogens (primary N) is 1. The summed E-state index contributed by atoms with van der Waals surface area (Å²) in [7, 11) is 0. The van der Waals surface area contributed by atoms with Crippen LogP contribution in [0.25, 0.3) is 0 Å². The highest BCUT2D eigenvalue weighted by molar-refractivity contribution is 7.80. The molecule has 0 amide bonds. The van der Waals surface area contributed by atoms with E-state index in [1.807, 2.05) is 19.9 Å². The lowest BCUT2D eigenvalue weighted by molar-refractivity contribution is -0.0553. The number of aryl methyl sites for hydroxylation is 2. The van der Waals surface area contributed by atoms with Crippen LogP contribution in [-0.4, -0.2) is 28.2 Å². The van der Waals surface area contributed by atoms with E-state index in [0.29, 0.717) is 11.0 Å². The van der Waals surface area contributed by atoms with Crippen molar-refractivity contribution < 1.29 is 4.74 Å². The van der Waals surface area contributed by atoms with Gasteiger partial charge >= 0.3 is 0 Å². The van der Waals surface area contributed by atoms with Crippen molar-refractivity contribution in [1.82, 2.24) is 4.98 Å². The highest BCUT2D eigenvalue weighted by atomic mass is 32.1. The van der Waals surface area contributed by atoms with Crippen LogP contribution in [0.5, 0.6) is 0 Å². The molecule has 1 aromatic heterocycles. The molecule has 110 valence electrons. The fourth-order valence-corrected chi connectivity index (χ4v) is 3.09. The fraction of sp³-hybridized carbons (Fsp3) is 0.600. The predicted molar refractivity (Wildman–Crippen MR) is 86.3 cm³/mol. The van der Waals surface area contributed by atoms with Crippen LogP contribution < -0.4 is 11.1 Å². The Morgan fingerprint density at radius 2 is 2.20 bits per heavy atom. The molecule has 0 aliphatic carbocycles. The number of thiocarbonyl (C=S) groups is 1. The summed E-state index contributed by atoms with van der Waals surface area (Å²) >= 11 is 5.17. The Balaban J connectivity index is 2.26. The van der Waals surface area contributed by atoms with Crippen molar-refractivity contribution in [1.29, 1.82) is 0 Å². The van der Waals surface area contributed by atoms with Crippen molar-refractivity contribution >= 4 is 22.9 Å². The molecule has 3 N–H and O–H groups in total. The molecule has 5 heteroatoms. The normalized spacial score (nSPS) is 21.5. The van der Waals surface area contributed by atoms with Gasteiger partial charge in [0.15, 0.2) is 0 Å². The summed E-state index contributed by atoms with van der Waals surface area (Å²) in [5.74, 6) is 0. The lowest BCUT2D eigenvalue weighted by Gasteiger charge is -2.36. The molecule has 1 aromatic rings. The van der Waals surface area contributed by atoms with Gasteiger partial charge in [0.25, 0.3) is 0 Å². The smallest absolute Gasteiger partial charge is 0.107 e. The molecule has 0 saturated carbocycles. The third-order valence-corrected chi connectivity index (χ3v) is 3.84. The standard InChI is InChI=1S/C15H23N3OS/c1-9-7-12(13(14(16)20)10(2)17-9)18-11-5-6-19-15(3,4)8-11/h7,11H,5-6,8H2,1-4H3,(H2,16,20)(H,17,18). The van der Waals surface area contributed by atoms with Crippen LogP contribution in [0.4, 0.5) is 5.69 Å². The van der Waals surface area contributed by atoms with Crippen molar-refractivity contribution in [2.24, 2.45) is 5.73 Å². The number of hydrogen-bond donors (Lipinski definition) is 2. The zero-order valence-electron chi connectivity index (χ0n) is 12.6. The first-order valence-electron chi connectivity index (χ1n) is 6.97. The van der Waals surface area contributed by atoms with E-state index in [4.69, 9.17) is 22.7 Å². The summed E-state index contributed by atoms with van der Waals surface area (Å²) in [5.41, 5.74) is 9.46. The molecule has 1 saturated heterocycles. The quantitative estimate of drug-likeness (QED) is 0.839. The highest BCUT2D eigenvalue weighted by Crippen LogP contribution is 2.28. The Hall–Kier alpha value is -1.20. The molecule has 1 atom stereocenters. The molecular weight excluding hydrogens is 270 g/mol. The molecule has 2 rings (SSSR count). The Kier molecular flexibility index (Phi) is 4.30. The monoisotopic (exact) mass is 293 g/mol. The van der Waals surface area contributed by atoms with Gasteiger partial charge in [-0.3, -0.25) is 4.98 Å². The fourth-order valence-electron chi connectivity index (χ4n) is 2.83. The average molecular weight is 293 g/mol. The molecular formula is C15H23N3OS. The Bertz CT molecular complexity index is 528. The number of nitrogens with zero attached hydrogens (tertiary/aromatic N) is 1. The van der Waals surface area contributed by atoms with E-state index in [-0.39, 0.29) is 5.60 Å². The number of nitrogens with one attached hydrogen (secondary N) is 1. The highest BCUT2D eigenvalue weighted by Gasteiger charge is 2.29. The average Bonchev–Trinajstić information content (AvgIpc) is 2.25. The Morgan fingerprint density at radius 1 is 1.50 bits per heavy atom. The van der Waals surface area contributed by atoms with E-state index in [0.717, 1.165) is 42.1 Å². The Labute approximate surface area is 126 Å². The Morgan fingerprint density at radius 3 is 2.80 bits per heavy atom. The van der Waals surface area contributed by atoms with Gasteiger partial charge < -0.3 is 15.8 Å². The van der Waals surface area contributed by atoms with E-state index in [1.54, 1.807) is 0 Å². The third kappa shape index (κ3) is 3.46. The molecule has 20 heavy (non-hydrogen) atoms. The van der Waals surface area contributed by atoms with Crippen LogP contribution in [-0.2, 0) is 4.74 Å². The topological polar surface area (TPSA) is 60.2 Å². The van der Waals surface area contributed by atoms with Gasteiger partial charge in [0.2, 0.25) is 0 Å². The van der Waals surface area contributed by atoms with Crippen LogP contribution >= 0.6 is 12.2 Å². The van der Waals surface area contributed by atoms with Crippen LogP contribution in [0, 0.1) is 13.8 Å². The maximum Gasteiger partial charge on any atom is 0.107 e. The summed E-state index contributed by atoms with van der Waals surface area (Å²) in [5, 5.41) is 3.58. The van der Waals surface area contributed by atoms with Crippen LogP contribution in [0.2, 0.25) is 0 Å². The van der Waals surface area contributed by atoms with Crippen molar-refractivity contribution in [3.63, 3.8) is 0 Å². The zero-order chi connectivity index (χ0) is 14.9. The second-order valence-electron chi connectivity index (χ2n) is 6.08. The summed E-state index contributed by atoms with van der Waals surface area (Å²) in [6.45, 7) is 8.95. The molecule has 0 bridgehead atoms. The van der Waals surface area contributed by atoms with E-state index in [9.17, 15) is 0 Å². The molecule has 1 unspecified atom stereocenters. The van der Waals surface area contributed by atoms with Crippen molar-refractivity contribution in [2.45, 2.75) is 52.2 Å². The van der Waals surface area contributed by atoms with E-state index in [1.165, 1.54) is 0 Å². The number of anilines is 1. The SMILES string of the molecule is Cc1cc(NC2CCOC(C)(C)C2)c(C(N)=S)c(C)n1. The molecule has 0 radical (unpaired) electrons. The summed E-state index contributed by atoms with van der Waals surface area (Å²) in [6, 6.07) is 2.39. The van der Waals surface area contributed by atoms with E-state index >= 15 is 0 Å². The van der Waals surface area contributed by atoms with Gasteiger partial charge in [-0.2, -0.15) is 0 Å². The van der Waals surface area contributed by atoms with E-state index < -0.39 is 0 Å². The summed E-state index contributed by atoms with van der Waals surface area (Å²) < 4.78 is 5.76. The first kappa shape index (κ1) is 15.2. The van der Waals surface area contributed by atoms with Gasteiger partial charge in [-0.05, 0) is 46.6 Å². The van der Waals surface area contributed by atoms with E-state index in [2.05, 4.69) is 24.1 Å². The van der Waals surface area contributed by atoms with Gasteiger partial charge in [-0.25, -0.2) is 0 Å². The van der Waals surface area contributed by atoms with Crippen LogP contribution in [0.1, 0.15) is 43.6 Å². The largest absolute Gasteiger partial charge is 0.389 e. The minimum atomic E-state index is -0.0869. The van der Waals surface area contributed by atoms with Gasteiger partial charge in [-0.1, -0.05) is 12.2 Å². The summed E-state index contributed by atoms with van der Waals surface area (Å²) in [4.78, 5) is 4.84. The number of pyridine rings is 1. The van der Waals surface area contributed by atoms with Gasteiger partial charge in [-0.15, -0.1) is 0 Å². The first-order chi connectivity index (χ1) is 9.28. The molecule has 1 fully saturated rings. The molecule has 0 aromatic carbocycles. The second-order valence-corrected chi connectivity index (χ2v) is 6.52.